The van der Waals surface area contributed by atoms with Gasteiger partial charge in [-0.25, -0.2) is 4.79 Å². The molecule has 104 valence electrons. The molecule has 1 atom stereocenters. The summed E-state index contributed by atoms with van der Waals surface area (Å²) in [6.45, 7) is 1.20. The van der Waals surface area contributed by atoms with Crippen molar-refractivity contribution >= 4 is 33.6 Å². The van der Waals surface area contributed by atoms with E-state index in [9.17, 15) is 14.7 Å². The van der Waals surface area contributed by atoms with E-state index in [4.69, 9.17) is 5.11 Å². The van der Waals surface area contributed by atoms with Crippen molar-refractivity contribution in [1.82, 2.24) is 5.32 Å². The van der Waals surface area contributed by atoms with Crippen LogP contribution in [-0.2, 0) is 4.79 Å². The van der Waals surface area contributed by atoms with Crippen LogP contribution in [0.4, 0.5) is 10.5 Å². The van der Waals surface area contributed by atoms with Crippen LogP contribution in [0.25, 0.3) is 0 Å². The predicted octanol–water partition coefficient (Wildman–Crippen LogP) is 1.80. The van der Waals surface area contributed by atoms with Gasteiger partial charge in [-0.05, 0) is 31.2 Å². The maximum absolute atomic E-state index is 11.5. The average Bonchev–Trinajstić information content (AvgIpc) is 2.28. The van der Waals surface area contributed by atoms with Gasteiger partial charge in [0, 0.05) is 16.7 Å². The molecule has 6 nitrogen and oxygen atoms in total. The van der Waals surface area contributed by atoms with E-state index in [0.717, 1.165) is 4.47 Å². The molecule has 0 fully saturated rings. The van der Waals surface area contributed by atoms with Crippen molar-refractivity contribution in [2.45, 2.75) is 18.9 Å². The zero-order valence-electron chi connectivity index (χ0n) is 10.3. The highest BCUT2D eigenvalue weighted by Gasteiger charge is 2.24. The lowest BCUT2D eigenvalue weighted by atomic mass is 10.0. The number of hydrogen-bond donors (Lipinski definition) is 4. The summed E-state index contributed by atoms with van der Waals surface area (Å²) in [5.41, 5.74) is -0.887. The first-order valence-electron chi connectivity index (χ1n) is 5.53. The van der Waals surface area contributed by atoms with E-state index in [1.165, 1.54) is 6.92 Å². The molecule has 1 aromatic rings. The Morgan fingerprint density at radius 2 is 1.89 bits per heavy atom. The van der Waals surface area contributed by atoms with Gasteiger partial charge >= 0.3 is 12.0 Å². The molecule has 0 heterocycles. The number of anilines is 1. The van der Waals surface area contributed by atoms with Gasteiger partial charge < -0.3 is 20.8 Å². The quantitative estimate of drug-likeness (QED) is 0.661. The van der Waals surface area contributed by atoms with Crippen LogP contribution in [0.3, 0.4) is 0 Å². The van der Waals surface area contributed by atoms with E-state index in [1.54, 1.807) is 24.3 Å². The van der Waals surface area contributed by atoms with Gasteiger partial charge in [-0.15, -0.1) is 0 Å². The molecule has 2 amide bonds. The number of carboxylic acid groups (broad SMARTS) is 1. The molecule has 0 aliphatic rings. The molecule has 0 saturated carbocycles. The Labute approximate surface area is 118 Å². The number of carbonyl (C=O) groups is 2. The maximum atomic E-state index is 11.5. The number of nitrogens with one attached hydrogen (secondary N) is 2. The summed E-state index contributed by atoms with van der Waals surface area (Å²) in [5.74, 6) is -1.12. The summed E-state index contributed by atoms with van der Waals surface area (Å²) in [5, 5.41) is 23.3. The number of halogens is 1. The Morgan fingerprint density at radius 3 is 2.42 bits per heavy atom. The minimum atomic E-state index is -1.48. The van der Waals surface area contributed by atoms with Crippen molar-refractivity contribution in [1.29, 1.82) is 0 Å². The molecule has 0 spiro atoms. The summed E-state index contributed by atoms with van der Waals surface area (Å²) in [6, 6.07) is 6.46. The SMILES string of the molecule is CC(O)(CNC(=O)Nc1ccc(Br)cc1)CC(=O)O. The number of rotatable bonds is 5. The number of benzene rings is 1. The van der Waals surface area contributed by atoms with Gasteiger partial charge in [0.2, 0.25) is 0 Å². The fourth-order valence-corrected chi connectivity index (χ4v) is 1.63. The Morgan fingerprint density at radius 1 is 1.32 bits per heavy atom. The summed E-state index contributed by atoms with van der Waals surface area (Å²) in [6.07, 6.45) is -0.439. The third-order valence-electron chi connectivity index (χ3n) is 2.26. The zero-order chi connectivity index (χ0) is 14.5. The molecule has 1 rings (SSSR count). The first-order chi connectivity index (χ1) is 8.78. The van der Waals surface area contributed by atoms with Gasteiger partial charge in [-0.2, -0.15) is 0 Å². The molecule has 0 radical (unpaired) electrons. The lowest BCUT2D eigenvalue weighted by Gasteiger charge is -2.21. The molecule has 4 N–H and O–H groups in total. The Balaban J connectivity index is 2.43. The molecule has 0 aliphatic carbocycles. The molecular formula is C12H15BrN2O4. The Hall–Kier alpha value is -1.60. The van der Waals surface area contributed by atoms with Gasteiger partial charge in [0.1, 0.15) is 0 Å². The van der Waals surface area contributed by atoms with E-state index < -0.39 is 24.0 Å². The van der Waals surface area contributed by atoms with Crippen LogP contribution in [0, 0.1) is 0 Å². The van der Waals surface area contributed by atoms with Gasteiger partial charge in [0.05, 0.1) is 12.0 Å². The molecular weight excluding hydrogens is 316 g/mol. The number of aliphatic hydroxyl groups is 1. The smallest absolute Gasteiger partial charge is 0.319 e. The number of carboxylic acids is 1. The van der Waals surface area contributed by atoms with E-state index >= 15 is 0 Å². The fourth-order valence-electron chi connectivity index (χ4n) is 1.37. The second-order valence-electron chi connectivity index (χ2n) is 4.38. The van der Waals surface area contributed by atoms with Crippen molar-refractivity contribution < 1.29 is 19.8 Å². The van der Waals surface area contributed by atoms with Crippen LogP contribution in [0.15, 0.2) is 28.7 Å². The first-order valence-corrected chi connectivity index (χ1v) is 6.32. The van der Waals surface area contributed by atoms with Crippen molar-refractivity contribution in [2.24, 2.45) is 0 Å². The van der Waals surface area contributed by atoms with Crippen LogP contribution in [0.2, 0.25) is 0 Å². The summed E-state index contributed by atoms with van der Waals surface area (Å²) < 4.78 is 0.892. The molecule has 0 bridgehead atoms. The van der Waals surface area contributed by atoms with E-state index in [2.05, 4.69) is 26.6 Å². The van der Waals surface area contributed by atoms with Crippen LogP contribution in [0.5, 0.6) is 0 Å². The predicted molar refractivity (Wildman–Crippen MR) is 74.0 cm³/mol. The third-order valence-corrected chi connectivity index (χ3v) is 2.79. The van der Waals surface area contributed by atoms with Gasteiger partial charge in [-0.1, -0.05) is 15.9 Å². The Bertz CT molecular complexity index is 459. The van der Waals surface area contributed by atoms with Gasteiger partial charge in [0.25, 0.3) is 0 Å². The van der Waals surface area contributed by atoms with Crippen molar-refractivity contribution in [3.63, 3.8) is 0 Å². The monoisotopic (exact) mass is 330 g/mol. The maximum Gasteiger partial charge on any atom is 0.319 e. The van der Waals surface area contributed by atoms with Crippen molar-refractivity contribution in [3.8, 4) is 0 Å². The van der Waals surface area contributed by atoms with Gasteiger partial charge in [-0.3, -0.25) is 4.79 Å². The summed E-state index contributed by atoms with van der Waals surface area (Å²) in [4.78, 5) is 22.0. The topological polar surface area (TPSA) is 98.7 Å². The summed E-state index contributed by atoms with van der Waals surface area (Å²) >= 11 is 3.27. The van der Waals surface area contributed by atoms with Crippen LogP contribution < -0.4 is 10.6 Å². The van der Waals surface area contributed by atoms with E-state index in [1.807, 2.05) is 0 Å². The number of hydrogen-bond acceptors (Lipinski definition) is 3. The molecule has 0 saturated heterocycles. The molecule has 19 heavy (non-hydrogen) atoms. The third kappa shape index (κ3) is 6.21. The lowest BCUT2D eigenvalue weighted by molar-refractivity contribution is -0.141. The van der Waals surface area contributed by atoms with Crippen LogP contribution in [0.1, 0.15) is 13.3 Å². The lowest BCUT2D eigenvalue weighted by Crippen LogP contribution is -2.43. The number of amides is 2. The number of urea groups is 1. The molecule has 7 heteroatoms. The highest BCUT2D eigenvalue weighted by atomic mass is 79.9. The first kappa shape index (κ1) is 15.5. The average molecular weight is 331 g/mol. The minimum absolute atomic E-state index is 0.151. The molecule has 1 aromatic carbocycles. The second-order valence-corrected chi connectivity index (χ2v) is 5.30. The second kappa shape index (κ2) is 6.53. The highest BCUT2D eigenvalue weighted by Crippen LogP contribution is 2.14. The molecule has 0 aromatic heterocycles. The molecule has 1 unspecified atom stereocenters. The van der Waals surface area contributed by atoms with Crippen molar-refractivity contribution in [2.75, 3.05) is 11.9 Å². The fraction of sp³-hybridized carbons (Fsp3) is 0.333. The Kier molecular flexibility index (Phi) is 5.31. The standard InChI is InChI=1S/C12H15BrN2O4/c1-12(19,6-10(16)17)7-14-11(18)15-9-4-2-8(13)3-5-9/h2-5,19H,6-7H2,1H3,(H,16,17)(H2,14,15,18). The minimum Gasteiger partial charge on any atom is -0.481 e. The largest absolute Gasteiger partial charge is 0.481 e. The highest BCUT2D eigenvalue weighted by molar-refractivity contribution is 9.10. The zero-order valence-corrected chi connectivity index (χ0v) is 11.9. The van der Waals surface area contributed by atoms with E-state index in [0.29, 0.717) is 5.69 Å². The number of carbonyl (C=O) groups excluding carboxylic acids is 1. The number of aliphatic carboxylic acids is 1. The molecule has 0 aliphatic heterocycles. The van der Waals surface area contributed by atoms with Gasteiger partial charge in [0.15, 0.2) is 0 Å². The normalized spacial score (nSPS) is 13.4. The summed E-state index contributed by atoms with van der Waals surface area (Å²) in [7, 11) is 0. The van der Waals surface area contributed by atoms with Crippen molar-refractivity contribution in [3.05, 3.63) is 28.7 Å². The van der Waals surface area contributed by atoms with Crippen LogP contribution in [-0.4, -0.2) is 34.4 Å². The van der Waals surface area contributed by atoms with E-state index in [-0.39, 0.29) is 6.54 Å². The van der Waals surface area contributed by atoms with Crippen LogP contribution >= 0.6 is 15.9 Å².